The Morgan fingerprint density at radius 2 is 1.89 bits per heavy atom. The first kappa shape index (κ1) is 20.0. The summed E-state index contributed by atoms with van der Waals surface area (Å²) in [4.78, 5) is 7.88. The zero-order chi connectivity index (χ0) is 23.8. The van der Waals surface area contributed by atoms with Gasteiger partial charge in [-0.2, -0.15) is 0 Å². The van der Waals surface area contributed by atoms with E-state index >= 15 is 0 Å². The predicted octanol–water partition coefficient (Wildman–Crippen LogP) is 4.79. The van der Waals surface area contributed by atoms with Crippen LogP contribution in [-0.2, 0) is 18.3 Å². The van der Waals surface area contributed by atoms with Crippen LogP contribution in [0.2, 0.25) is 0 Å². The molecule has 2 bridgehead atoms. The number of nitrogens with zero attached hydrogens (tertiary/aromatic N) is 2. The molecule has 1 saturated carbocycles. The van der Waals surface area contributed by atoms with Crippen LogP contribution in [0.3, 0.4) is 0 Å². The second-order valence-electron chi connectivity index (χ2n) is 11.8. The standard InChI is InChI=1S/C31H28N2O3/c34-23-10-9-19-14-24-31(35)15-21-13-20-8-7-18-3-1-2-4-22(18)26(20)32-27(21)29-30(31,25(19)28(23)36-29)11-12-33(24)16-17-5-6-17/h1-4,7-10,13,17,24,29,34-35H,5-6,11-12,14-16H2/t24-,29-,30-,31+/m0/s1. The molecular weight excluding hydrogens is 448 g/mol. The van der Waals surface area contributed by atoms with Crippen molar-refractivity contribution in [3.63, 3.8) is 0 Å². The fraction of sp³-hybridized carbons (Fsp3) is 0.387. The molecule has 180 valence electrons. The van der Waals surface area contributed by atoms with Gasteiger partial charge in [-0.25, -0.2) is 4.98 Å². The number of likely N-dealkylation sites (tertiary alicyclic amines) is 1. The molecule has 1 aromatic heterocycles. The molecule has 1 spiro atoms. The van der Waals surface area contributed by atoms with E-state index in [4.69, 9.17) is 9.72 Å². The van der Waals surface area contributed by atoms with Crippen molar-refractivity contribution in [3.05, 3.63) is 77.0 Å². The number of phenolic OH excluding ortho intramolecular Hbond substituents is 1. The van der Waals surface area contributed by atoms with E-state index in [2.05, 4.69) is 53.4 Å². The number of hydrogen-bond acceptors (Lipinski definition) is 5. The van der Waals surface area contributed by atoms with E-state index in [1.165, 1.54) is 23.8 Å². The van der Waals surface area contributed by atoms with Gasteiger partial charge in [0.15, 0.2) is 17.6 Å². The molecule has 3 heterocycles. The van der Waals surface area contributed by atoms with Crippen LogP contribution in [-0.4, -0.2) is 44.8 Å². The van der Waals surface area contributed by atoms with Gasteiger partial charge in [-0.05, 0) is 66.8 Å². The van der Waals surface area contributed by atoms with Crippen molar-refractivity contribution >= 4 is 21.7 Å². The van der Waals surface area contributed by atoms with Gasteiger partial charge in [0.25, 0.3) is 0 Å². The average molecular weight is 477 g/mol. The largest absolute Gasteiger partial charge is 0.504 e. The van der Waals surface area contributed by atoms with Crippen LogP contribution in [0.25, 0.3) is 21.7 Å². The molecule has 5 nitrogen and oxygen atoms in total. The van der Waals surface area contributed by atoms with Gasteiger partial charge in [0.1, 0.15) is 0 Å². The summed E-state index contributed by atoms with van der Waals surface area (Å²) in [7, 11) is 0. The molecule has 36 heavy (non-hydrogen) atoms. The summed E-state index contributed by atoms with van der Waals surface area (Å²) in [5.74, 6) is 1.51. The average Bonchev–Trinajstić information content (AvgIpc) is 3.62. The number of rotatable bonds is 2. The van der Waals surface area contributed by atoms with Crippen molar-refractivity contribution in [2.24, 2.45) is 5.92 Å². The van der Waals surface area contributed by atoms with Crippen LogP contribution in [0.1, 0.15) is 47.8 Å². The molecule has 5 aliphatic rings. The maximum Gasteiger partial charge on any atom is 0.166 e. The third kappa shape index (κ3) is 2.24. The van der Waals surface area contributed by atoms with Crippen LogP contribution >= 0.6 is 0 Å². The van der Waals surface area contributed by atoms with Crippen molar-refractivity contribution in [2.75, 3.05) is 13.1 Å². The quantitative estimate of drug-likeness (QED) is 0.407. The summed E-state index contributed by atoms with van der Waals surface area (Å²) in [6.07, 6.45) is 4.39. The van der Waals surface area contributed by atoms with Gasteiger partial charge in [-0.1, -0.05) is 42.5 Å². The molecule has 2 N–H and O–H groups in total. The first-order valence-electron chi connectivity index (χ1n) is 13.4. The lowest BCUT2D eigenvalue weighted by Gasteiger charge is -2.63. The first-order chi connectivity index (χ1) is 17.6. The molecule has 2 aliphatic heterocycles. The number of ether oxygens (including phenoxy) is 1. The lowest BCUT2D eigenvalue weighted by Crippen LogP contribution is -2.74. The Balaban J connectivity index is 1.33. The fourth-order valence-corrected chi connectivity index (χ4v) is 8.28. The fourth-order valence-electron chi connectivity index (χ4n) is 8.28. The van der Waals surface area contributed by atoms with Crippen molar-refractivity contribution in [1.29, 1.82) is 0 Å². The van der Waals surface area contributed by atoms with Crippen LogP contribution in [0, 0.1) is 5.92 Å². The van der Waals surface area contributed by atoms with Crippen LogP contribution < -0.4 is 4.74 Å². The van der Waals surface area contributed by atoms with Gasteiger partial charge < -0.3 is 14.9 Å². The highest BCUT2D eigenvalue weighted by molar-refractivity contribution is 6.05. The van der Waals surface area contributed by atoms with Gasteiger partial charge in [0, 0.05) is 35.3 Å². The topological polar surface area (TPSA) is 65.8 Å². The van der Waals surface area contributed by atoms with E-state index in [1.54, 1.807) is 6.07 Å². The zero-order valence-electron chi connectivity index (χ0n) is 20.1. The molecule has 4 atom stereocenters. The predicted molar refractivity (Wildman–Crippen MR) is 137 cm³/mol. The zero-order valence-corrected chi connectivity index (χ0v) is 20.1. The Morgan fingerprint density at radius 1 is 1.03 bits per heavy atom. The molecule has 3 aliphatic carbocycles. The number of pyridine rings is 1. The maximum absolute atomic E-state index is 12.9. The smallest absolute Gasteiger partial charge is 0.166 e. The highest BCUT2D eigenvalue weighted by Crippen LogP contribution is 2.68. The number of piperidine rings is 1. The highest BCUT2D eigenvalue weighted by atomic mass is 16.5. The molecule has 1 saturated heterocycles. The van der Waals surface area contributed by atoms with Crippen molar-refractivity contribution in [1.82, 2.24) is 9.88 Å². The van der Waals surface area contributed by atoms with Gasteiger partial charge in [0.05, 0.1) is 22.2 Å². The SMILES string of the molecule is Oc1ccc2c3c1O[C@H]1c4nc5c(ccc6ccccc65)cc4C[C@@]4(O)[C@H](C2)N(CC2CC2)CC[C@]314. The minimum absolute atomic E-state index is 0.0430. The highest BCUT2D eigenvalue weighted by Gasteiger charge is 2.72. The van der Waals surface area contributed by atoms with E-state index in [-0.39, 0.29) is 11.8 Å². The molecule has 0 radical (unpaired) electrons. The second kappa shape index (κ2) is 6.39. The van der Waals surface area contributed by atoms with Gasteiger partial charge >= 0.3 is 0 Å². The van der Waals surface area contributed by atoms with E-state index in [9.17, 15) is 10.2 Å². The number of benzene rings is 3. The van der Waals surface area contributed by atoms with Crippen molar-refractivity contribution < 1.29 is 14.9 Å². The summed E-state index contributed by atoms with van der Waals surface area (Å²) in [5.41, 5.74) is 3.71. The molecule has 9 rings (SSSR count). The van der Waals surface area contributed by atoms with Crippen molar-refractivity contribution in [3.8, 4) is 11.5 Å². The van der Waals surface area contributed by atoms with Crippen LogP contribution in [0.15, 0.2) is 54.6 Å². The molecule has 2 fully saturated rings. The summed E-state index contributed by atoms with van der Waals surface area (Å²) >= 11 is 0. The third-order valence-corrected chi connectivity index (χ3v) is 10.0. The molecule has 3 aromatic carbocycles. The minimum atomic E-state index is -0.962. The van der Waals surface area contributed by atoms with Gasteiger partial charge in [0.2, 0.25) is 0 Å². The Kier molecular flexibility index (Phi) is 3.55. The Labute approximate surface area is 209 Å². The van der Waals surface area contributed by atoms with E-state index in [1.807, 2.05) is 0 Å². The monoisotopic (exact) mass is 476 g/mol. The van der Waals surface area contributed by atoms with Gasteiger partial charge in [-0.3, -0.25) is 4.90 Å². The van der Waals surface area contributed by atoms with E-state index in [0.717, 1.165) is 65.0 Å². The second-order valence-corrected chi connectivity index (χ2v) is 11.8. The molecular formula is C31H28N2O3. The summed E-state index contributed by atoms with van der Waals surface area (Å²) in [5, 5.41) is 27.2. The first-order valence-corrected chi connectivity index (χ1v) is 13.4. The van der Waals surface area contributed by atoms with E-state index < -0.39 is 17.1 Å². The lowest BCUT2D eigenvalue weighted by molar-refractivity contribution is -0.173. The number of hydrogen-bond donors (Lipinski definition) is 2. The Hall–Kier alpha value is -3.15. The summed E-state index contributed by atoms with van der Waals surface area (Å²) < 4.78 is 6.70. The van der Waals surface area contributed by atoms with Crippen LogP contribution in [0.5, 0.6) is 11.5 Å². The van der Waals surface area contributed by atoms with Crippen molar-refractivity contribution in [2.45, 2.75) is 55.3 Å². The van der Waals surface area contributed by atoms with E-state index in [0.29, 0.717) is 12.2 Å². The Bertz CT molecular complexity index is 1630. The number of aromatic nitrogens is 1. The number of phenols is 1. The normalized spacial score (nSPS) is 31.8. The Morgan fingerprint density at radius 3 is 2.78 bits per heavy atom. The molecule has 4 aromatic rings. The summed E-state index contributed by atoms with van der Waals surface area (Å²) in [6, 6.07) is 18.8. The van der Waals surface area contributed by atoms with Crippen LogP contribution in [0.4, 0.5) is 0 Å². The lowest BCUT2D eigenvalue weighted by atomic mass is 9.49. The number of aliphatic hydroxyl groups is 1. The number of aromatic hydroxyl groups is 1. The molecule has 0 amide bonds. The third-order valence-electron chi connectivity index (χ3n) is 10.0. The molecule has 5 heteroatoms. The molecule has 0 unspecified atom stereocenters. The summed E-state index contributed by atoms with van der Waals surface area (Å²) in [6.45, 7) is 2.02. The minimum Gasteiger partial charge on any atom is -0.504 e. The number of fused-ring (bicyclic) bond motifs is 5. The van der Waals surface area contributed by atoms with Gasteiger partial charge in [-0.15, -0.1) is 0 Å². The maximum atomic E-state index is 12.9.